The van der Waals surface area contributed by atoms with E-state index in [9.17, 15) is 4.79 Å². The highest BCUT2D eigenvalue weighted by atomic mass is 32.1. The van der Waals surface area contributed by atoms with Gasteiger partial charge in [-0.2, -0.15) is 4.37 Å². The van der Waals surface area contributed by atoms with Crippen LogP contribution in [0.5, 0.6) is 0 Å². The first-order valence-electron chi connectivity index (χ1n) is 6.00. The van der Waals surface area contributed by atoms with Gasteiger partial charge < -0.3 is 10.1 Å². The first-order valence-corrected chi connectivity index (χ1v) is 6.78. The third-order valence-electron chi connectivity index (χ3n) is 3.14. The summed E-state index contributed by atoms with van der Waals surface area (Å²) in [7, 11) is 0. The summed E-state index contributed by atoms with van der Waals surface area (Å²) in [6, 6.07) is 0. The maximum atomic E-state index is 11.8. The van der Waals surface area contributed by atoms with E-state index in [0.717, 1.165) is 29.1 Å². The molecule has 17 heavy (non-hydrogen) atoms. The standard InChI is InChI=1S/C12H18N2O2S/c1-4-16-12(15)10-8(3)14-17-11(10)13-6-9-5-7(9)2/h7,9,13H,4-6H2,1-3H3. The van der Waals surface area contributed by atoms with Crippen LogP contribution in [0, 0.1) is 18.8 Å². The summed E-state index contributed by atoms with van der Waals surface area (Å²) in [4.78, 5) is 11.8. The lowest BCUT2D eigenvalue weighted by atomic mass is 10.2. The van der Waals surface area contributed by atoms with Gasteiger partial charge in [-0.05, 0) is 43.6 Å². The molecule has 1 saturated carbocycles. The zero-order valence-electron chi connectivity index (χ0n) is 10.4. The van der Waals surface area contributed by atoms with E-state index >= 15 is 0 Å². The largest absolute Gasteiger partial charge is 0.462 e. The van der Waals surface area contributed by atoms with E-state index in [-0.39, 0.29) is 5.97 Å². The van der Waals surface area contributed by atoms with Gasteiger partial charge in [0.25, 0.3) is 0 Å². The predicted octanol–water partition coefficient (Wildman–Crippen LogP) is 2.70. The minimum Gasteiger partial charge on any atom is -0.462 e. The molecule has 1 N–H and O–H groups in total. The Morgan fingerprint density at radius 3 is 2.94 bits per heavy atom. The molecular weight excluding hydrogens is 236 g/mol. The zero-order valence-corrected chi connectivity index (χ0v) is 11.3. The van der Waals surface area contributed by atoms with Crippen molar-refractivity contribution in [2.75, 3.05) is 18.5 Å². The van der Waals surface area contributed by atoms with Crippen molar-refractivity contribution in [3.8, 4) is 0 Å². The molecule has 1 aromatic rings. The van der Waals surface area contributed by atoms with Crippen LogP contribution in [-0.2, 0) is 4.74 Å². The van der Waals surface area contributed by atoms with Gasteiger partial charge in [0.15, 0.2) is 0 Å². The molecule has 2 atom stereocenters. The number of hydrogen-bond donors (Lipinski definition) is 1. The maximum Gasteiger partial charge on any atom is 0.343 e. The molecule has 0 spiro atoms. The zero-order chi connectivity index (χ0) is 12.4. The van der Waals surface area contributed by atoms with Gasteiger partial charge in [-0.15, -0.1) is 0 Å². The Morgan fingerprint density at radius 1 is 1.65 bits per heavy atom. The van der Waals surface area contributed by atoms with Crippen LogP contribution in [0.4, 0.5) is 5.00 Å². The summed E-state index contributed by atoms with van der Waals surface area (Å²) in [5.74, 6) is 1.28. The molecule has 0 aliphatic heterocycles. The van der Waals surface area contributed by atoms with Crippen LogP contribution in [0.15, 0.2) is 0 Å². The number of carbonyl (C=O) groups excluding carboxylic acids is 1. The van der Waals surface area contributed by atoms with Crippen molar-refractivity contribution in [1.29, 1.82) is 0 Å². The number of aromatic nitrogens is 1. The SMILES string of the molecule is CCOC(=O)c1c(C)nsc1NCC1CC1C. The number of hydrogen-bond acceptors (Lipinski definition) is 5. The van der Waals surface area contributed by atoms with Crippen LogP contribution < -0.4 is 5.32 Å². The quantitative estimate of drug-likeness (QED) is 0.821. The molecule has 0 amide bonds. The lowest BCUT2D eigenvalue weighted by Crippen LogP contribution is -2.10. The van der Waals surface area contributed by atoms with Crippen LogP contribution in [-0.4, -0.2) is 23.5 Å². The molecule has 0 radical (unpaired) electrons. The third kappa shape index (κ3) is 2.77. The molecule has 0 bridgehead atoms. The number of nitrogens with one attached hydrogen (secondary N) is 1. The summed E-state index contributed by atoms with van der Waals surface area (Å²) in [6.45, 7) is 7.22. The Bertz CT molecular complexity index is 417. The summed E-state index contributed by atoms with van der Waals surface area (Å²) < 4.78 is 9.25. The third-order valence-corrected chi connectivity index (χ3v) is 4.04. The second kappa shape index (κ2) is 5.04. The summed E-state index contributed by atoms with van der Waals surface area (Å²) in [5, 5.41) is 4.17. The average Bonchev–Trinajstić information content (AvgIpc) is 2.85. The molecule has 5 heteroatoms. The van der Waals surface area contributed by atoms with Gasteiger partial charge in [0, 0.05) is 6.54 Å². The number of anilines is 1. The number of aryl methyl sites for hydroxylation is 1. The lowest BCUT2D eigenvalue weighted by molar-refractivity contribution is 0.0527. The van der Waals surface area contributed by atoms with Crippen molar-refractivity contribution < 1.29 is 9.53 Å². The van der Waals surface area contributed by atoms with Gasteiger partial charge in [-0.3, -0.25) is 0 Å². The Kier molecular flexibility index (Phi) is 3.66. The van der Waals surface area contributed by atoms with Crippen LogP contribution in [0.1, 0.15) is 36.3 Å². The van der Waals surface area contributed by atoms with E-state index in [4.69, 9.17) is 4.74 Å². The number of carbonyl (C=O) groups is 1. The maximum absolute atomic E-state index is 11.8. The Labute approximate surface area is 106 Å². The highest BCUT2D eigenvalue weighted by molar-refractivity contribution is 7.10. The van der Waals surface area contributed by atoms with E-state index in [1.54, 1.807) is 0 Å². The molecule has 0 aromatic carbocycles. The summed E-state index contributed by atoms with van der Waals surface area (Å²) >= 11 is 1.34. The minimum absolute atomic E-state index is 0.273. The first kappa shape index (κ1) is 12.4. The molecule has 1 aliphatic rings. The number of esters is 1. The monoisotopic (exact) mass is 254 g/mol. The molecule has 1 aliphatic carbocycles. The molecule has 4 nitrogen and oxygen atoms in total. The van der Waals surface area contributed by atoms with Gasteiger partial charge in [0.05, 0.1) is 12.3 Å². The van der Waals surface area contributed by atoms with Crippen molar-refractivity contribution in [3.05, 3.63) is 11.3 Å². The number of nitrogens with zero attached hydrogens (tertiary/aromatic N) is 1. The van der Waals surface area contributed by atoms with E-state index in [0.29, 0.717) is 12.2 Å². The van der Waals surface area contributed by atoms with E-state index in [1.165, 1.54) is 18.0 Å². The van der Waals surface area contributed by atoms with E-state index in [2.05, 4.69) is 16.6 Å². The highest BCUT2D eigenvalue weighted by Crippen LogP contribution is 2.38. The molecule has 1 aromatic heterocycles. The molecule has 2 unspecified atom stereocenters. The van der Waals surface area contributed by atoms with E-state index < -0.39 is 0 Å². The molecule has 2 rings (SSSR count). The lowest BCUT2D eigenvalue weighted by Gasteiger charge is -2.06. The van der Waals surface area contributed by atoms with Crippen molar-refractivity contribution in [3.63, 3.8) is 0 Å². The fourth-order valence-electron chi connectivity index (χ4n) is 1.84. The fourth-order valence-corrected chi connectivity index (χ4v) is 2.63. The van der Waals surface area contributed by atoms with Crippen molar-refractivity contribution >= 4 is 22.5 Å². The van der Waals surface area contributed by atoms with Crippen molar-refractivity contribution in [2.24, 2.45) is 11.8 Å². The van der Waals surface area contributed by atoms with Crippen molar-refractivity contribution in [1.82, 2.24) is 4.37 Å². The highest BCUT2D eigenvalue weighted by Gasteiger charge is 2.32. The Hall–Kier alpha value is -1.10. The molecular formula is C12H18N2O2S. The molecule has 1 heterocycles. The normalized spacial score (nSPS) is 22.3. The Balaban J connectivity index is 2.03. The smallest absolute Gasteiger partial charge is 0.343 e. The molecule has 0 saturated heterocycles. The second-order valence-corrected chi connectivity index (χ2v) is 5.32. The number of rotatable bonds is 5. The minimum atomic E-state index is -0.273. The van der Waals surface area contributed by atoms with Crippen LogP contribution in [0.25, 0.3) is 0 Å². The van der Waals surface area contributed by atoms with Crippen LogP contribution in [0.3, 0.4) is 0 Å². The van der Waals surface area contributed by atoms with Crippen molar-refractivity contribution in [2.45, 2.75) is 27.2 Å². The molecule has 1 fully saturated rings. The van der Waals surface area contributed by atoms with Gasteiger partial charge in [0.1, 0.15) is 10.6 Å². The van der Waals surface area contributed by atoms with Gasteiger partial charge >= 0.3 is 5.97 Å². The second-order valence-electron chi connectivity index (χ2n) is 4.55. The van der Waals surface area contributed by atoms with Crippen LogP contribution in [0.2, 0.25) is 0 Å². The summed E-state index contributed by atoms with van der Waals surface area (Å²) in [5.41, 5.74) is 1.35. The van der Waals surface area contributed by atoms with E-state index in [1.807, 2.05) is 13.8 Å². The average molecular weight is 254 g/mol. The van der Waals surface area contributed by atoms with Gasteiger partial charge in [-0.1, -0.05) is 6.92 Å². The fraction of sp³-hybridized carbons (Fsp3) is 0.667. The summed E-state index contributed by atoms with van der Waals surface area (Å²) in [6.07, 6.45) is 1.28. The van der Waals surface area contributed by atoms with Gasteiger partial charge in [0.2, 0.25) is 0 Å². The van der Waals surface area contributed by atoms with Crippen LogP contribution >= 0.6 is 11.5 Å². The topological polar surface area (TPSA) is 51.2 Å². The van der Waals surface area contributed by atoms with Gasteiger partial charge in [-0.25, -0.2) is 4.79 Å². The predicted molar refractivity (Wildman–Crippen MR) is 68.6 cm³/mol. The first-order chi connectivity index (χ1) is 8.13. The molecule has 94 valence electrons. The Morgan fingerprint density at radius 2 is 2.35 bits per heavy atom. The number of ether oxygens (including phenoxy) is 1.